The molecule has 0 aromatic heterocycles. The molecule has 0 amide bonds. The van der Waals surface area contributed by atoms with Crippen LogP contribution in [-0.4, -0.2) is 31.3 Å². The number of hydrogen-bond donors (Lipinski definition) is 1. The summed E-state index contributed by atoms with van der Waals surface area (Å²) in [7, 11) is 0. The maximum Gasteiger partial charge on any atom is 0.168 e. The van der Waals surface area contributed by atoms with Gasteiger partial charge in [0.15, 0.2) is 5.79 Å². The lowest BCUT2D eigenvalue weighted by Gasteiger charge is -2.36. The van der Waals surface area contributed by atoms with Crippen LogP contribution in [0.15, 0.2) is 23.1 Å². The molecule has 2 fully saturated rings. The van der Waals surface area contributed by atoms with Gasteiger partial charge in [-0.3, -0.25) is 0 Å². The molecule has 4 rings (SSSR count). The van der Waals surface area contributed by atoms with Gasteiger partial charge in [-0.25, -0.2) is 4.39 Å². The van der Waals surface area contributed by atoms with Crippen LogP contribution in [0.4, 0.5) is 4.39 Å². The molecule has 126 valence electrons. The van der Waals surface area contributed by atoms with Crippen LogP contribution in [0.2, 0.25) is 0 Å². The third kappa shape index (κ3) is 3.43. The summed E-state index contributed by atoms with van der Waals surface area (Å²) < 4.78 is 25.2. The largest absolute Gasteiger partial charge is 0.348 e. The molecule has 1 N–H and O–H groups in total. The standard InChI is InChI=1S/C18H24FNO2S/c19-14-1-2-17-15(11-14)16(5-10-23-17)20-12-13-3-6-18(7-4-13)21-8-9-22-18/h1-2,11,13,16,20H,3-10,12H2/t16-/m1/s1. The van der Waals surface area contributed by atoms with E-state index < -0.39 is 0 Å². The summed E-state index contributed by atoms with van der Waals surface area (Å²) >= 11 is 1.84. The fourth-order valence-corrected chi connectivity index (χ4v) is 5.10. The number of halogens is 1. The molecule has 1 saturated heterocycles. The van der Waals surface area contributed by atoms with E-state index in [0.717, 1.165) is 63.2 Å². The fraction of sp³-hybridized carbons (Fsp3) is 0.667. The maximum absolute atomic E-state index is 13.6. The molecule has 1 atom stereocenters. The van der Waals surface area contributed by atoms with Gasteiger partial charge in [0.1, 0.15) is 5.82 Å². The second-order valence-electron chi connectivity index (χ2n) is 6.83. The number of fused-ring (bicyclic) bond motifs is 1. The van der Waals surface area contributed by atoms with Crippen molar-refractivity contribution in [2.75, 3.05) is 25.5 Å². The molecule has 2 aliphatic heterocycles. The Bertz CT molecular complexity index is 552. The van der Waals surface area contributed by atoms with Crippen LogP contribution >= 0.6 is 11.8 Å². The minimum atomic E-state index is -0.270. The quantitative estimate of drug-likeness (QED) is 0.906. The summed E-state index contributed by atoms with van der Waals surface area (Å²) in [6.45, 7) is 2.48. The van der Waals surface area contributed by atoms with Crippen LogP contribution < -0.4 is 5.32 Å². The van der Waals surface area contributed by atoms with Gasteiger partial charge in [0.25, 0.3) is 0 Å². The Balaban J connectivity index is 1.33. The van der Waals surface area contributed by atoms with Gasteiger partial charge in [-0.05, 0) is 61.2 Å². The van der Waals surface area contributed by atoms with Gasteiger partial charge in [0.05, 0.1) is 13.2 Å². The first-order valence-corrected chi connectivity index (χ1v) is 9.66. The number of thioether (sulfide) groups is 1. The molecule has 5 heteroatoms. The highest BCUT2D eigenvalue weighted by molar-refractivity contribution is 7.99. The lowest BCUT2D eigenvalue weighted by atomic mass is 9.85. The van der Waals surface area contributed by atoms with E-state index in [2.05, 4.69) is 5.32 Å². The van der Waals surface area contributed by atoms with Crippen LogP contribution in [-0.2, 0) is 9.47 Å². The number of hydrogen-bond acceptors (Lipinski definition) is 4. The summed E-state index contributed by atoms with van der Waals surface area (Å²) in [5, 5.41) is 3.69. The third-order valence-corrected chi connectivity index (χ3v) is 6.47. The number of benzene rings is 1. The zero-order chi connectivity index (χ0) is 15.7. The van der Waals surface area contributed by atoms with Crippen molar-refractivity contribution in [2.45, 2.75) is 48.8 Å². The first-order chi connectivity index (χ1) is 11.2. The molecule has 0 radical (unpaired) electrons. The molecular formula is C18H24FNO2S. The zero-order valence-electron chi connectivity index (χ0n) is 13.4. The Morgan fingerprint density at radius 2 is 1.96 bits per heavy atom. The summed E-state index contributed by atoms with van der Waals surface area (Å²) in [5.74, 6) is 1.37. The molecule has 1 saturated carbocycles. The van der Waals surface area contributed by atoms with Crippen LogP contribution in [0, 0.1) is 11.7 Å². The van der Waals surface area contributed by atoms with E-state index in [1.165, 1.54) is 4.90 Å². The SMILES string of the molecule is Fc1ccc2c(c1)[C@H](NCC1CCC3(CC1)OCCO3)CCS2. The summed E-state index contributed by atoms with van der Waals surface area (Å²) in [6.07, 6.45) is 5.37. The van der Waals surface area contributed by atoms with Crippen molar-refractivity contribution < 1.29 is 13.9 Å². The molecular weight excluding hydrogens is 313 g/mol. The van der Waals surface area contributed by atoms with Gasteiger partial charge in [-0.15, -0.1) is 11.8 Å². The van der Waals surface area contributed by atoms with Crippen molar-refractivity contribution >= 4 is 11.8 Å². The van der Waals surface area contributed by atoms with E-state index in [1.807, 2.05) is 17.8 Å². The highest BCUT2D eigenvalue weighted by Gasteiger charge is 2.40. The normalized spacial score (nSPS) is 27.3. The van der Waals surface area contributed by atoms with Gasteiger partial charge in [0.2, 0.25) is 0 Å². The van der Waals surface area contributed by atoms with E-state index in [-0.39, 0.29) is 17.6 Å². The molecule has 0 unspecified atom stereocenters. The average Bonchev–Trinajstić information content (AvgIpc) is 3.03. The van der Waals surface area contributed by atoms with Gasteiger partial charge >= 0.3 is 0 Å². The van der Waals surface area contributed by atoms with Crippen LogP contribution in [0.1, 0.15) is 43.7 Å². The van der Waals surface area contributed by atoms with Crippen LogP contribution in [0.5, 0.6) is 0 Å². The van der Waals surface area contributed by atoms with E-state index in [4.69, 9.17) is 9.47 Å². The first kappa shape index (κ1) is 15.9. The number of ether oxygens (including phenoxy) is 2. The molecule has 1 aromatic carbocycles. The van der Waals surface area contributed by atoms with Gasteiger partial charge < -0.3 is 14.8 Å². The molecule has 0 bridgehead atoms. The first-order valence-electron chi connectivity index (χ1n) is 8.68. The smallest absolute Gasteiger partial charge is 0.168 e. The highest BCUT2D eigenvalue weighted by Crippen LogP contribution is 2.39. The van der Waals surface area contributed by atoms with Crippen molar-refractivity contribution in [3.8, 4) is 0 Å². The molecule has 1 spiro atoms. The van der Waals surface area contributed by atoms with E-state index in [9.17, 15) is 4.39 Å². The highest BCUT2D eigenvalue weighted by atomic mass is 32.2. The Labute approximate surface area is 141 Å². The van der Waals surface area contributed by atoms with Gasteiger partial charge in [0, 0.05) is 23.8 Å². The molecule has 23 heavy (non-hydrogen) atoms. The summed E-state index contributed by atoms with van der Waals surface area (Å²) in [6, 6.07) is 5.48. The van der Waals surface area contributed by atoms with Crippen LogP contribution in [0.25, 0.3) is 0 Å². The molecule has 1 aliphatic carbocycles. The molecule has 1 aromatic rings. The third-order valence-electron chi connectivity index (χ3n) is 5.34. The zero-order valence-corrected chi connectivity index (χ0v) is 14.2. The number of nitrogens with one attached hydrogen (secondary N) is 1. The Morgan fingerprint density at radius 1 is 1.17 bits per heavy atom. The predicted octanol–water partition coefficient (Wildman–Crippen LogP) is 3.89. The Kier molecular flexibility index (Phi) is 4.63. The second kappa shape index (κ2) is 6.71. The van der Waals surface area contributed by atoms with Crippen LogP contribution in [0.3, 0.4) is 0 Å². The predicted molar refractivity (Wildman–Crippen MR) is 89.1 cm³/mol. The lowest BCUT2D eigenvalue weighted by Crippen LogP contribution is -2.38. The van der Waals surface area contributed by atoms with E-state index in [1.54, 1.807) is 12.1 Å². The fourth-order valence-electron chi connectivity index (χ4n) is 3.99. The van der Waals surface area contributed by atoms with Gasteiger partial charge in [-0.1, -0.05) is 0 Å². The number of rotatable bonds is 3. The van der Waals surface area contributed by atoms with Crippen molar-refractivity contribution in [3.63, 3.8) is 0 Å². The Hall–Kier alpha value is -0.620. The minimum absolute atomic E-state index is 0.131. The average molecular weight is 337 g/mol. The monoisotopic (exact) mass is 337 g/mol. The summed E-state index contributed by atoms with van der Waals surface area (Å²) in [5.41, 5.74) is 1.14. The van der Waals surface area contributed by atoms with Crippen molar-refractivity contribution in [3.05, 3.63) is 29.6 Å². The van der Waals surface area contributed by atoms with E-state index >= 15 is 0 Å². The lowest BCUT2D eigenvalue weighted by molar-refractivity contribution is -0.182. The van der Waals surface area contributed by atoms with Crippen molar-refractivity contribution in [1.29, 1.82) is 0 Å². The molecule has 2 heterocycles. The Morgan fingerprint density at radius 3 is 2.74 bits per heavy atom. The molecule has 3 nitrogen and oxygen atoms in total. The van der Waals surface area contributed by atoms with Gasteiger partial charge in [-0.2, -0.15) is 0 Å². The summed E-state index contributed by atoms with van der Waals surface area (Å²) in [4.78, 5) is 1.23. The van der Waals surface area contributed by atoms with Crippen molar-refractivity contribution in [2.24, 2.45) is 5.92 Å². The minimum Gasteiger partial charge on any atom is -0.348 e. The van der Waals surface area contributed by atoms with Crippen molar-refractivity contribution in [1.82, 2.24) is 5.32 Å². The second-order valence-corrected chi connectivity index (χ2v) is 7.97. The van der Waals surface area contributed by atoms with E-state index in [0.29, 0.717) is 5.92 Å². The molecule has 3 aliphatic rings. The topological polar surface area (TPSA) is 30.5 Å². The maximum atomic E-state index is 13.6.